The fraction of sp³-hybridized carbons (Fsp3) is 0.444. The predicted octanol–water partition coefficient (Wildman–Crippen LogP) is -0.102. The van der Waals surface area contributed by atoms with Crippen LogP contribution in [-0.4, -0.2) is 38.7 Å². The molecule has 3 rings (SSSR count). The summed E-state index contributed by atoms with van der Waals surface area (Å²) in [4.78, 5) is 4.29. The van der Waals surface area contributed by atoms with E-state index < -0.39 is 0 Å². The van der Waals surface area contributed by atoms with Gasteiger partial charge in [0.25, 0.3) is 0 Å². The molecule has 0 saturated carbocycles. The molecule has 0 bridgehead atoms. The molecule has 1 fully saturated rings. The Kier molecular flexibility index (Phi) is 1.99. The standard InChI is InChI=1S/C9H12N6/c1-2-10-4-7(1)13-8-3-9-14-12-6-15(9)5-11-8/h3,5-7,10,13H,1-2,4H2. The summed E-state index contributed by atoms with van der Waals surface area (Å²) in [6, 6.07) is 2.38. The van der Waals surface area contributed by atoms with Crippen LogP contribution in [0.5, 0.6) is 0 Å². The molecule has 2 aromatic heterocycles. The number of fused-ring (bicyclic) bond motifs is 1. The van der Waals surface area contributed by atoms with Crippen LogP contribution in [0.15, 0.2) is 18.7 Å². The van der Waals surface area contributed by atoms with Crippen LogP contribution in [0.2, 0.25) is 0 Å². The van der Waals surface area contributed by atoms with Gasteiger partial charge in [-0.05, 0) is 13.0 Å². The quantitative estimate of drug-likeness (QED) is 0.715. The molecule has 6 nitrogen and oxygen atoms in total. The van der Waals surface area contributed by atoms with Crippen molar-refractivity contribution in [1.29, 1.82) is 0 Å². The van der Waals surface area contributed by atoms with Crippen LogP contribution in [0.1, 0.15) is 6.42 Å². The Balaban J connectivity index is 1.84. The molecule has 0 aromatic carbocycles. The lowest BCUT2D eigenvalue weighted by Gasteiger charge is -2.11. The van der Waals surface area contributed by atoms with Gasteiger partial charge in [0.1, 0.15) is 18.5 Å². The minimum atomic E-state index is 0.475. The van der Waals surface area contributed by atoms with Gasteiger partial charge in [0.05, 0.1) is 0 Å². The summed E-state index contributed by atoms with van der Waals surface area (Å²) in [6.07, 6.45) is 4.50. The molecule has 1 aliphatic heterocycles. The van der Waals surface area contributed by atoms with Crippen molar-refractivity contribution in [3.8, 4) is 0 Å². The van der Waals surface area contributed by atoms with Crippen LogP contribution >= 0.6 is 0 Å². The van der Waals surface area contributed by atoms with Gasteiger partial charge in [-0.2, -0.15) is 0 Å². The van der Waals surface area contributed by atoms with Crippen LogP contribution in [-0.2, 0) is 0 Å². The predicted molar refractivity (Wildman–Crippen MR) is 55.7 cm³/mol. The van der Waals surface area contributed by atoms with Crippen molar-refractivity contribution in [1.82, 2.24) is 24.9 Å². The van der Waals surface area contributed by atoms with E-state index >= 15 is 0 Å². The Morgan fingerprint density at radius 3 is 3.33 bits per heavy atom. The fourth-order valence-corrected chi connectivity index (χ4v) is 1.79. The molecule has 3 heterocycles. The second-order valence-corrected chi connectivity index (χ2v) is 3.70. The van der Waals surface area contributed by atoms with E-state index in [1.54, 1.807) is 17.1 Å². The van der Waals surface area contributed by atoms with Crippen LogP contribution in [0.4, 0.5) is 5.82 Å². The average molecular weight is 204 g/mol. The summed E-state index contributed by atoms with van der Waals surface area (Å²) < 4.78 is 1.79. The highest BCUT2D eigenvalue weighted by atomic mass is 15.2. The molecule has 0 radical (unpaired) electrons. The zero-order valence-corrected chi connectivity index (χ0v) is 8.22. The summed E-state index contributed by atoms with van der Waals surface area (Å²) in [5.41, 5.74) is 0.818. The first-order valence-electron chi connectivity index (χ1n) is 5.04. The molecular weight excluding hydrogens is 192 g/mol. The van der Waals surface area contributed by atoms with Gasteiger partial charge in [-0.3, -0.25) is 4.40 Å². The highest BCUT2D eigenvalue weighted by Crippen LogP contribution is 2.10. The second-order valence-electron chi connectivity index (χ2n) is 3.70. The van der Waals surface area contributed by atoms with E-state index in [1.165, 1.54) is 0 Å². The Labute approximate surface area is 86.7 Å². The highest BCUT2D eigenvalue weighted by Gasteiger charge is 2.14. The zero-order chi connectivity index (χ0) is 10.1. The lowest BCUT2D eigenvalue weighted by molar-refractivity contribution is 0.786. The molecule has 0 spiro atoms. The first-order valence-corrected chi connectivity index (χ1v) is 5.04. The van der Waals surface area contributed by atoms with Crippen molar-refractivity contribution >= 4 is 11.5 Å². The van der Waals surface area contributed by atoms with Gasteiger partial charge in [0.15, 0.2) is 5.65 Å². The molecule has 0 amide bonds. The van der Waals surface area contributed by atoms with Crippen LogP contribution in [0.3, 0.4) is 0 Å². The van der Waals surface area contributed by atoms with Gasteiger partial charge in [0, 0.05) is 18.7 Å². The summed E-state index contributed by atoms with van der Waals surface area (Å²) >= 11 is 0. The molecule has 78 valence electrons. The monoisotopic (exact) mass is 204 g/mol. The van der Waals surface area contributed by atoms with Gasteiger partial charge in [0.2, 0.25) is 0 Å². The smallest absolute Gasteiger partial charge is 0.165 e. The number of hydrogen-bond donors (Lipinski definition) is 2. The molecule has 1 saturated heterocycles. The first-order chi connectivity index (χ1) is 7.42. The molecule has 1 unspecified atom stereocenters. The van der Waals surface area contributed by atoms with E-state index in [0.29, 0.717) is 6.04 Å². The zero-order valence-electron chi connectivity index (χ0n) is 8.22. The van der Waals surface area contributed by atoms with Crippen molar-refractivity contribution < 1.29 is 0 Å². The maximum atomic E-state index is 4.29. The van der Waals surface area contributed by atoms with Gasteiger partial charge in [-0.15, -0.1) is 10.2 Å². The summed E-state index contributed by atoms with van der Waals surface area (Å²) in [7, 11) is 0. The van der Waals surface area contributed by atoms with E-state index in [9.17, 15) is 0 Å². The van der Waals surface area contributed by atoms with Crippen LogP contribution in [0.25, 0.3) is 5.65 Å². The van der Waals surface area contributed by atoms with Gasteiger partial charge in [-0.1, -0.05) is 0 Å². The van der Waals surface area contributed by atoms with E-state index in [2.05, 4.69) is 25.8 Å². The Hall–Kier alpha value is -1.69. The lowest BCUT2D eigenvalue weighted by Crippen LogP contribution is -2.22. The molecule has 1 aliphatic rings. The van der Waals surface area contributed by atoms with Crippen molar-refractivity contribution in [2.75, 3.05) is 18.4 Å². The third kappa shape index (κ3) is 1.63. The van der Waals surface area contributed by atoms with Gasteiger partial charge in [-0.25, -0.2) is 4.98 Å². The number of aromatic nitrogens is 4. The third-order valence-electron chi connectivity index (χ3n) is 2.60. The number of hydrogen-bond acceptors (Lipinski definition) is 5. The highest BCUT2D eigenvalue weighted by molar-refractivity contribution is 5.48. The Morgan fingerprint density at radius 2 is 2.47 bits per heavy atom. The topological polar surface area (TPSA) is 67.1 Å². The molecule has 0 aliphatic carbocycles. The summed E-state index contributed by atoms with van der Waals surface area (Å²) in [5.74, 6) is 0.865. The molecule has 2 aromatic rings. The van der Waals surface area contributed by atoms with Gasteiger partial charge >= 0.3 is 0 Å². The summed E-state index contributed by atoms with van der Waals surface area (Å²) in [6.45, 7) is 2.07. The molecular formula is C9H12N6. The van der Waals surface area contributed by atoms with Crippen LogP contribution in [0, 0.1) is 0 Å². The lowest BCUT2D eigenvalue weighted by atomic mass is 10.2. The summed E-state index contributed by atoms with van der Waals surface area (Å²) in [5, 5.41) is 14.4. The molecule has 2 N–H and O–H groups in total. The average Bonchev–Trinajstić information content (AvgIpc) is 2.87. The minimum absolute atomic E-state index is 0.475. The van der Waals surface area contributed by atoms with Crippen molar-refractivity contribution in [2.24, 2.45) is 0 Å². The van der Waals surface area contributed by atoms with Crippen molar-refractivity contribution in [3.63, 3.8) is 0 Å². The molecule has 6 heteroatoms. The number of anilines is 1. The number of rotatable bonds is 2. The van der Waals surface area contributed by atoms with Crippen LogP contribution < -0.4 is 10.6 Å². The largest absolute Gasteiger partial charge is 0.366 e. The first kappa shape index (κ1) is 8.60. The number of nitrogens with zero attached hydrogens (tertiary/aromatic N) is 4. The normalized spacial score (nSPS) is 20.9. The maximum Gasteiger partial charge on any atom is 0.165 e. The van der Waals surface area contributed by atoms with Crippen molar-refractivity contribution in [2.45, 2.75) is 12.5 Å². The van der Waals surface area contributed by atoms with E-state index in [-0.39, 0.29) is 0 Å². The fourth-order valence-electron chi connectivity index (χ4n) is 1.79. The van der Waals surface area contributed by atoms with E-state index in [0.717, 1.165) is 31.0 Å². The molecule has 1 atom stereocenters. The van der Waals surface area contributed by atoms with Crippen molar-refractivity contribution in [3.05, 3.63) is 18.7 Å². The number of nitrogens with one attached hydrogen (secondary N) is 2. The van der Waals surface area contributed by atoms with Gasteiger partial charge < -0.3 is 10.6 Å². The van der Waals surface area contributed by atoms with E-state index in [1.807, 2.05) is 6.07 Å². The maximum absolute atomic E-state index is 4.29. The minimum Gasteiger partial charge on any atom is -0.366 e. The van der Waals surface area contributed by atoms with E-state index in [4.69, 9.17) is 0 Å². The SMILES string of the molecule is c1c(NC2CCNC2)ncn2cnnc12. The Morgan fingerprint density at radius 1 is 1.47 bits per heavy atom. The third-order valence-corrected chi connectivity index (χ3v) is 2.60. The Bertz CT molecular complexity index is 458. The second kappa shape index (κ2) is 3.47. The molecule has 15 heavy (non-hydrogen) atoms.